The highest BCUT2D eigenvalue weighted by Gasteiger charge is 2.15. The topological polar surface area (TPSA) is 20.2 Å². The van der Waals surface area contributed by atoms with Gasteiger partial charge in [0.05, 0.1) is 6.10 Å². The molecule has 1 fully saturated rings. The third-order valence-electron chi connectivity index (χ3n) is 1.39. The Labute approximate surface area is 54.5 Å². The number of hydrogen-bond acceptors (Lipinski definition) is 2. The van der Waals surface area contributed by atoms with Gasteiger partial charge in [0.1, 0.15) is 0 Å². The molecule has 1 saturated heterocycles. The van der Waals surface area contributed by atoms with Crippen LogP contribution >= 0.6 is 11.8 Å². The van der Waals surface area contributed by atoms with Crippen LogP contribution in [0.1, 0.15) is 13.3 Å². The van der Waals surface area contributed by atoms with Gasteiger partial charge in [0.15, 0.2) is 0 Å². The highest BCUT2D eigenvalue weighted by atomic mass is 32.2. The van der Waals surface area contributed by atoms with E-state index in [4.69, 9.17) is 5.11 Å². The molecule has 2 heteroatoms. The van der Waals surface area contributed by atoms with Crippen LogP contribution in [0.4, 0.5) is 0 Å². The van der Waals surface area contributed by atoms with Crippen LogP contribution in [-0.2, 0) is 0 Å². The van der Waals surface area contributed by atoms with Crippen LogP contribution in [0.5, 0.6) is 0 Å². The zero-order valence-electron chi connectivity index (χ0n) is 5.13. The van der Waals surface area contributed by atoms with E-state index in [0.717, 1.165) is 18.1 Å². The average Bonchev–Trinajstić information content (AvgIpc) is 1.64. The van der Waals surface area contributed by atoms with Crippen LogP contribution in [0.2, 0.25) is 0 Å². The summed E-state index contributed by atoms with van der Waals surface area (Å²) in [6.45, 7) is 2.19. The molecule has 1 rings (SSSR count). The molecule has 48 valence electrons. The van der Waals surface area contributed by atoms with E-state index in [1.165, 1.54) is 5.75 Å². The van der Waals surface area contributed by atoms with Gasteiger partial charge in [-0.3, -0.25) is 0 Å². The molecule has 2 atom stereocenters. The van der Waals surface area contributed by atoms with Gasteiger partial charge < -0.3 is 5.11 Å². The van der Waals surface area contributed by atoms with Crippen LogP contribution in [-0.4, -0.2) is 22.7 Å². The largest absolute Gasteiger partial charge is 0.392 e. The van der Waals surface area contributed by atoms with Gasteiger partial charge >= 0.3 is 0 Å². The number of hydrogen-bond donors (Lipinski definition) is 1. The summed E-state index contributed by atoms with van der Waals surface area (Å²) in [6, 6.07) is 0. The zero-order chi connectivity index (χ0) is 5.98. The lowest BCUT2D eigenvalue weighted by atomic mass is 10.1. The summed E-state index contributed by atoms with van der Waals surface area (Å²) in [5.41, 5.74) is 0. The van der Waals surface area contributed by atoms with Gasteiger partial charge in [0.2, 0.25) is 0 Å². The summed E-state index contributed by atoms with van der Waals surface area (Å²) in [7, 11) is 0. The minimum absolute atomic E-state index is 0.0243. The monoisotopic (exact) mass is 132 g/mol. The molecule has 1 aliphatic rings. The van der Waals surface area contributed by atoms with Gasteiger partial charge in [0, 0.05) is 5.75 Å². The lowest BCUT2D eigenvalue weighted by Gasteiger charge is -2.21. The summed E-state index contributed by atoms with van der Waals surface area (Å²) in [6.07, 6.45) is 0.983. The van der Waals surface area contributed by atoms with Gasteiger partial charge in [-0.15, -0.1) is 0 Å². The van der Waals surface area contributed by atoms with Gasteiger partial charge in [-0.1, -0.05) is 6.92 Å². The molecule has 0 unspecified atom stereocenters. The van der Waals surface area contributed by atoms with E-state index in [0.29, 0.717) is 0 Å². The van der Waals surface area contributed by atoms with Crippen LogP contribution in [0.15, 0.2) is 0 Å². The van der Waals surface area contributed by atoms with Crippen molar-refractivity contribution in [1.82, 2.24) is 0 Å². The Balaban J connectivity index is 2.23. The third kappa shape index (κ3) is 1.67. The van der Waals surface area contributed by atoms with E-state index in [1.807, 2.05) is 11.8 Å². The molecule has 0 saturated carbocycles. The Bertz CT molecular complexity index is 66.9. The summed E-state index contributed by atoms with van der Waals surface area (Å²) in [5.74, 6) is 2.91. The molecule has 0 amide bonds. The SMILES string of the molecule is C[C@H]1CSC[C@H](O)C1. The first-order valence-electron chi connectivity index (χ1n) is 3.05. The molecule has 1 nitrogen and oxygen atoms in total. The molecular weight excluding hydrogens is 120 g/mol. The summed E-state index contributed by atoms with van der Waals surface area (Å²) < 4.78 is 0. The fraction of sp³-hybridized carbons (Fsp3) is 1.00. The average molecular weight is 132 g/mol. The van der Waals surface area contributed by atoms with E-state index in [9.17, 15) is 0 Å². The molecule has 0 aliphatic carbocycles. The standard InChI is InChI=1S/C6H12OS/c1-5-2-6(7)4-8-3-5/h5-7H,2-4H2,1H3/t5-,6-/m1/s1. The Morgan fingerprint density at radius 2 is 2.25 bits per heavy atom. The lowest BCUT2D eigenvalue weighted by Crippen LogP contribution is -2.21. The predicted molar refractivity (Wildman–Crippen MR) is 37.1 cm³/mol. The Hall–Kier alpha value is 0.310. The first-order chi connectivity index (χ1) is 3.79. The molecule has 8 heavy (non-hydrogen) atoms. The highest BCUT2D eigenvalue weighted by molar-refractivity contribution is 7.99. The Morgan fingerprint density at radius 1 is 1.50 bits per heavy atom. The second kappa shape index (κ2) is 2.74. The molecule has 1 N–H and O–H groups in total. The highest BCUT2D eigenvalue weighted by Crippen LogP contribution is 2.21. The summed E-state index contributed by atoms with van der Waals surface area (Å²) in [4.78, 5) is 0. The van der Waals surface area contributed by atoms with Crippen LogP contribution in [0.25, 0.3) is 0 Å². The quantitative estimate of drug-likeness (QED) is 0.533. The Kier molecular flexibility index (Phi) is 2.20. The van der Waals surface area contributed by atoms with Crippen LogP contribution in [0, 0.1) is 5.92 Å². The van der Waals surface area contributed by atoms with Crippen molar-refractivity contribution in [2.45, 2.75) is 19.4 Å². The van der Waals surface area contributed by atoms with E-state index < -0.39 is 0 Å². The van der Waals surface area contributed by atoms with Crippen molar-refractivity contribution in [3.8, 4) is 0 Å². The number of aliphatic hydroxyl groups excluding tert-OH is 1. The second-order valence-electron chi connectivity index (χ2n) is 2.53. The molecule has 0 aromatic carbocycles. The van der Waals surface area contributed by atoms with Crippen molar-refractivity contribution in [1.29, 1.82) is 0 Å². The molecular formula is C6H12OS. The van der Waals surface area contributed by atoms with Gasteiger partial charge in [-0.2, -0.15) is 11.8 Å². The van der Waals surface area contributed by atoms with Gasteiger partial charge in [-0.25, -0.2) is 0 Å². The third-order valence-corrected chi connectivity index (χ3v) is 2.81. The normalized spacial score (nSPS) is 39.8. The molecule has 1 heterocycles. The van der Waals surface area contributed by atoms with Gasteiger partial charge in [-0.05, 0) is 18.1 Å². The Morgan fingerprint density at radius 3 is 2.62 bits per heavy atom. The zero-order valence-corrected chi connectivity index (χ0v) is 5.95. The van der Waals surface area contributed by atoms with Crippen molar-refractivity contribution in [3.63, 3.8) is 0 Å². The second-order valence-corrected chi connectivity index (χ2v) is 3.61. The van der Waals surface area contributed by atoms with Gasteiger partial charge in [0.25, 0.3) is 0 Å². The fourth-order valence-electron chi connectivity index (χ4n) is 1.01. The lowest BCUT2D eigenvalue weighted by molar-refractivity contribution is 0.168. The molecule has 1 aliphatic heterocycles. The first-order valence-corrected chi connectivity index (χ1v) is 4.20. The van der Waals surface area contributed by atoms with Crippen molar-refractivity contribution in [2.24, 2.45) is 5.92 Å². The fourth-order valence-corrected chi connectivity index (χ4v) is 2.09. The van der Waals surface area contributed by atoms with Crippen molar-refractivity contribution in [2.75, 3.05) is 11.5 Å². The first kappa shape index (κ1) is 6.43. The molecule has 0 spiro atoms. The minimum atomic E-state index is -0.0243. The van der Waals surface area contributed by atoms with Crippen molar-refractivity contribution < 1.29 is 5.11 Å². The number of rotatable bonds is 0. The van der Waals surface area contributed by atoms with Crippen LogP contribution in [0.3, 0.4) is 0 Å². The minimum Gasteiger partial charge on any atom is -0.392 e. The molecule has 0 aromatic rings. The maximum absolute atomic E-state index is 9.06. The van der Waals surface area contributed by atoms with E-state index in [1.54, 1.807) is 0 Å². The maximum Gasteiger partial charge on any atom is 0.0633 e. The molecule has 0 radical (unpaired) electrons. The van der Waals surface area contributed by atoms with E-state index >= 15 is 0 Å². The summed E-state index contributed by atoms with van der Waals surface area (Å²) >= 11 is 1.86. The van der Waals surface area contributed by atoms with Crippen LogP contribution < -0.4 is 0 Å². The number of aliphatic hydroxyl groups is 1. The van der Waals surface area contributed by atoms with Crippen molar-refractivity contribution >= 4 is 11.8 Å². The summed E-state index contributed by atoms with van der Waals surface area (Å²) in [5, 5.41) is 9.06. The molecule has 0 bridgehead atoms. The maximum atomic E-state index is 9.06. The van der Waals surface area contributed by atoms with Crippen molar-refractivity contribution in [3.05, 3.63) is 0 Å². The number of thioether (sulfide) groups is 1. The van der Waals surface area contributed by atoms with E-state index in [-0.39, 0.29) is 6.10 Å². The predicted octanol–water partition coefficient (Wildman–Crippen LogP) is 1.12. The smallest absolute Gasteiger partial charge is 0.0633 e. The van der Waals surface area contributed by atoms with E-state index in [2.05, 4.69) is 6.92 Å². The molecule has 0 aromatic heterocycles.